The number of hydrogen-bond donors (Lipinski definition) is 2. The Bertz CT molecular complexity index is 1460. The quantitative estimate of drug-likeness (QED) is 0.339. The lowest BCUT2D eigenvalue weighted by atomic mass is 10.0. The van der Waals surface area contributed by atoms with E-state index in [1.54, 1.807) is 22.7 Å². The van der Waals surface area contributed by atoms with E-state index < -0.39 is 0 Å². The molecular formula is C24H14N2O2S2. The number of H-pyrrole nitrogens is 1. The van der Waals surface area contributed by atoms with Crippen molar-refractivity contribution in [2.24, 2.45) is 4.99 Å². The van der Waals surface area contributed by atoms with Crippen molar-refractivity contribution in [3.8, 4) is 26.6 Å². The summed E-state index contributed by atoms with van der Waals surface area (Å²) >= 11 is 3.28. The van der Waals surface area contributed by atoms with Gasteiger partial charge in [0, 0.05) is 20.7 Å². The van der Waals surface area contributed by atoms with E-state index in [2.05, 4.69) is 9.98 Å². The van der Waals surface area contributed by atoms with Crippen LogP contribution in [0.2, 0.25) is 0 Å². The molecule has 0 atom stereocenters. The molecule has 0 amide bonds. The summed E-state index contributed by atoms with van der Waals surface area (Å²) in [6, 6.07) is 19.7. The summed E-state index contributed by atoms with van der Waals surface area (Å²) in [5.41, 5.74) is 4.61. The highest BCUT2D eigenvalue weighted by Crippen LogP contribution is 2.39. The lowest BCUT2D eigenvalue weighted by Gasteiger charge is -2.01. The van der Waals surface area contributed by atoms with Crippen LogP contribution in [0.25, 0.3) is 31.8 Å². The predicted molar refractivity (Wildman–Crippen MR) is 124 cm³/mol. The molecule has 2 N–H and O–H groups in total. The first-order valence-electron chi connectivity index (χ1n) is 9.39. The molecule has 0 unspecified atom stereocenters. The van der Waals surface area contributed by atoms with Crippen LogP contribution in [0.1, 0.15) is 16.1 Å². The minimum atomic E-state index is -0.177. The molecule has 3 aromatic heterocycles. The summed E-state index contributed by atoms with van der Waals surface area (Å²) in [5, 5.41) is 15.6. The number of rotatable bonds is 3. The molecule has 0 aliphatic carbocycles. The molecule has 30 heavy (non-hydrogen) atoms. The predicted octanol–water partition coefficient (Wildman–Crippen LogP) is 6.65. The molecule has 6 heteroatoms. The minimum absolute atomic E-state index is 0.0572. The number of ketones is 1. The molecule has 0 radical (unpaired) electrons. The zero-order valence-corrected chi connectivity index (χ0v) is 17.2. The summed E-state index contributed by atoms with van der Waals surface area (Å²) in [4.78, 5) is 23.1. The van der Waals surface area contributed by atoms with E-state index in [-0.39, 0.29) is 17.2 Å². The minimum Gasteiger partial charge on any atom is -0.505 e. The van der Waals surface area contributed by atoms with Gasteiger partial charge in [0.15, 0.2) is 5.75 Å². The topological polar surface area (TPSA) is 65.5 Å². The van der Waals surface area contributed by atoms with Crippen molar-refractivity contribution in [2.45, 2.75) is 0 Å². The van der Waals surface area contributed by atoms with Gasteiger partial charge in [-0.25, -0.2) is 4.99 Å². The Kier molecular flexibility index (Phi) is 3.78. The number of nitrogens with zero attached hydrogens (tertiary/aromatic N) is 1. The first-order chi connectivity index (χ1) is 14.7. The normalized spacial score (nSPS) is 13.1. The molecule has 0 saturated heterocycles. The second-order valence-electron chi connectivity index (χ2n) is 7.09. The Morgan fingerprint density at radius 1 is 0.867 bits per heavy atom. The van der Waals surface area contributed by atoms with E-state index in [0.29, 0.717) is 22.3 Å². The van der Waals surface area contributed by atoms with Crippen molar-refractivity contribution < 1.29 is 9.90 Å². The molecular weight excluding hydrogens is 412 g/mol. The number of thiophene rings is 2. The van der Waals surface area contributed by atoms with Crippen LogP contribution in [0, 0.1) is 0 Å². The van der Waals surface area contributed by atoms with Gasteiger partial charge in [-0.3, -0.25) is 4.79 Å². The van der Waals surface area contributed by atoms with Gasteiger partial charge in [0.05, 0.1) is 11.3 Å². The van der Waals surface area contributed by atoms with Crippen molar-refractivity contribution in [1.29, 1.82) is 0 Å². The molecule has 5 aromatic rings. The van der Waals surface area contributed by atoms with E-state index in [0.717, 1.165) is 26.4 Å². The molecule has 1 aliphatic heterocycles. The Labute approximate surface area is 179 Å². The van der Waals surface area contributed by atoms with E-state index >= 15 is 0 Å². The fourth-order valence-electron chi connectivity index (χ4n) is 3.82. The average molecular weight is 427 g/mol. The maximum absolute atomic E-state index is 13.1. The highest BCUT2D eigenvalue weighted by atomic mass is 32.1. The summed E-state index contributed by atoms with van der Waals surface area (Å²) in [7, 11) is 0. The number of aromatic amines is 1. The van der Waals surface area contributed by atoms with Crippen molar-refractivity contribution in [2.75, 3.05) is 0 Å². The lowest BCUT2D eigenvalue weighted by Crippen LogP contribution is -2.11. The average Bonchev–Trinajstić information content (AvgIpc) is 3.56. The molecule has 2 aromatic carbocycles. The molecule has 4 nitrogen and oxygen atoms in total. The Morgan fingerprint density at radius 3 is 2.27 bits per heavy atom. The van der Waals surface area contributed by atoms with E-state index in [4.69, 9.17) is 0 Å². The molecule has 0 bridgehead atoms. The fraction of sp³-hybridized carbons (Fsp3) is 0. The van der Waals surface area contributed by atoms with Crippen LogP contribution >= 0.6 is 22.7 Å². The number of benzene rings is 2. The Hall–Kier alpha value is -3.48. The van der Waals surface area contributed by atoms with Gasteiger partial charge in [-0.15, -0.1) is 22.7 Å². The number of aliphatic imine (C=N–C) groups is 1. The molecule has 0 spiro atoms. The summed E-state index contributed by atoms with van der Waals surface area (Å²) in [6.45, 7) is 0. The third kappa shape index (κ3) is 2.58. The number of fused-ring (bicyclic) bond motifs is 2. The van der Waals surface area contributed by atoms with Crippen molar-refractivity contribution in [3.63, 3.8) is 0 Å². The Balaban J connectivity index is 1.43. The van der Waals surface area contributed by atoms with Crippen LogP contribution in [0.15, 0.2) is 76.4 Å². The maximum Gasteiger partial charge on any atom is 0.215 e. The molecule has 6 rings (SSSR count). The smallest absolute Gasteiger partial charge is 0.215 e. The molecule has 4 heterocycles. The van der Waals surface area contributed by atoms with E-state index in [1.165, 1.54) is 0 Å². The molecule has 144 valence electrons. The lowest BCUT2D eigenvalue weighted by molar-refractivity contribution is 0.107. The summed E-state index contributed by atoms with van der Waals surface area (Å²) in [6.07, 6.45) is 0. The highest BCUT2D eigenvalue weighted by molar-refractivity contribution is 7.13. The number of hydrogen-bond acceptors (Lipinski definition) is 5. The van der Waals surface area contributed by atoms with Gasteiger partial charge in [0.25, 0.3) is 0 Å². The largest absolute Gasteiger partial charge is 0.505 e. The van der Waals surface area contributed by atoms with Crippen molar-refractivity contribution in [1.82, 2.24) is 4.98 Å². The van der Waals surface area contributed by atoms with Crippen LogP contribution in [-0.2, 0) is 0 Å². The maximum atomic E-state index is 13.1. The zero-order chi connectivity index (χ0) is 20.2. The van der Waals surface area contributed by atoms with Gasteiger partial charge in [-0.1, -0.05) is 24.3 Å². The van der Waals surface area contributed by atoms with Gasteiger partial charge in [-0.2, -0.15) is 0 Å². The van der Waals surface area contributed by atoms with Crippen molar-refractivity contribution in [3.05, 3.63) is 82.7 Å². The van der Waals surface area contributed by atoms with Crippen LogP contribution in [0.3, 0.4) is 0 Å². The SMILES string of the molecule is O=C1C(c2[nH]c3ccc(-c4cccs4)cc3c2O)=Nc2ccc(-c3cccs3)cc21. The van der Waals surface area contributed by atoms with Gasteiger partial charge in [0.1, 0.15) is 11.4 Å². The van der Waals surface area contributed by atoms with E-state index in [9.17, 15) is 9.90 Å². The monoisotopic (exact) mass is 426 g/mol. The van der Waals surface area contributed by atoms with Gasteiger partial charge in [-0.05, 0) is 58.3 Å². The van der Waals surface area contributed by atoms with Crippen LogP contribution < -0.4 is 0 Å². The number of Topliss-reactive ketones (excluding diaryl/α,β-unsaturated/α-hetero) is 1. The Morgan fingerprint density at radius 2 is 1.57 bits per heavy atom. The van der Waals surface area contributed by atoms with Crippen LogP contribution in [-0.4, -0.2) is 21.6 Å². The third-order valence-corrected chi connectivity index (χ3v) is 7.15. The zero-order valence-electron chi connectivity index (χ0n) is 15.5. The van der Waals surface area contributed by atoms with Gasteiger partial charge >= 0.3 is 0 Å². The molecule has 0 saturated carbocycles. The van der Waals surface area contributed by atoms with Crippen LogP contribution in [0.5, 0.6) is 5.75 Å². The summed E-state index contributed by atoms with van der Waals surface area (Å²) < 4.78 is 0. The molecule has 1 aliphatic rings. The number of nitrogens with one attached hydrogen (secondary N) is 1. The fourth-order valence-corrected chi connectivity index (χ4v) is 5.27. The first-order valence-corrected chi connectivity index (χ1v) is 11.2. The van der Waals surface area contributed by atoms with E-state index in [1.807, 2.05) is 71.4 Å². The van der Waals surface area contributed by atoms with Crippen LogP contribution in [0.4, 0.5) is 5.69 Å². The second-order valence-corrected chi connectivity index (χ2v) is 8.98. The second kappa shape index (κ2) is 6.52. The van der Waals surface area contributed by atoms with Crippen molar-refractivity contribution >= 4 is 50.8 Å². The standard InChI is InChI=1S/C24H14N2O2S2/c27-23-15-11-13(19-3-1-9-29-19)5-7-17(15)25-21(23)22-24(28)16-12-14(6-8-18(16)26-22)20-4-2-10-30-20/h1-12,25,27H. The van der Waals surface area contributed by atoms with Gasteiger partial charge in [0.2, 0.25) is 5.78 Å². The number of aromatic nitrogens is 1. The highest BCUT2D eigenvalue weighted by Gasteiger charge is 2.30. The third-order valence-electron chi connectivity index (χ3n) is 5.31. The first kappa shape index (κ1) is 17.4. The van der Waals surface area contributed by atoms with Gasteiger partial charge < -0.3 is 10.1 Å². The number of carbonyl (C=O) groups is 1. The number of aromatic hydroxyl groups is 1. The number of carbonyl (C=O) groups excluding carboxylic acids is 1. The summed E-state index contributed by atoms with van der Waals surface area (Å²) in [5.74, 6) is -0.120. The molecule has 0 fully saturated rings.